The molecule has 0 spiro atoms. The number of alkyl halides is 6. The van der Waals surface area contributed by atoms with Gasteiger partial charge in [-0.05, 0) is 17.7 Å². The fourth-order valence-corrected chi connectivity index (χ4v) is 3.39. The summed E-state index contributed by atoms with van der Waals surface area (Å²) in [4.78, 5) is 10.7. The van der Waals surface area contributed by atoms with Gasteiger partial charge >= 0.3 is 18.3 Å². The van der Waals surface area contributed by atoms with E-state index in [-0.39, 0.29) is 17.7 Å². The summed E-state index contributed by atoms with van der Waals surface area (Å²) in [5.74, 6) is -1.61. The van der Waals surface area contributed by atoms with E-state index in [0.717, 1.165) is 18.2 Å². The second-order valence-corrected chi connectivity index (χ2v) is 7.34. The van der Waals surface area contributed by atoms with Crippen molar-refractivity contribution in [1.29, 1.82) is 0 Å². The SMILES string of the molecule is NS(=O)(=O)c1cccc(C(=O)O)c1-c1ccc(C(O)(C(F)(F)F)C(F)(F)F)cc1. The molecule has 13 heteroatoms. The Hall–Kier alpha value is -2.64. The number of aliphatic hydroxyl groups is 1. The molecule has 0 saturated heterocycles. The number of hydrogen-bond donors (Lipinski definition) is 3. The molecule has 2 aromatic carbocycles. The molecule has 0 bridgehead atoms. The van der Waals surface area contributed by atoms with Crippen molar-refractivity contribution in [2.24, 2.45) is 5.14 Å². The van der Waals surface area contributed by atoms with E-state index in [9.17, 15) is 49.8 Å². The van der Waals surface area contributed by atoms with E-state index in [1.165, 1.54) is 0 Å². The highest BCUT2D eigenvalue weighted by molar-refractivity contribution is 7.89. The van der Waals surface area contributed by atoms with Crippen molar-refractivity contribution < 1.29 is 49.8 Å². The lowest BCUT2D eigenvalue weighted by molar-refractivity contribution is -0.376. The van der Waals surface area contributed by atoms with E-state index in [1.54, 1.807) is 0 Å². The summed E-state index contributed by atoms with van der Waals surface area (Å²) in [6, 6.07) is 4.72. The number of carboxylic acid groups (broad SMARTS) is 1. The molecule has 0 fully saturated rings. The molecule has 0 unspecified atom stereocenters. The third kappa shape index (κ3) is 3.93. The van der Waals surface area contributed by atoms with Crippen LogP contribution in [-0.2, 0) is 15.6 Å². The zero-order valence-electron chi connectivity index (χ0n) is 13.9. The number of sulfonamides is 1. The Kier molecular flexibility index (Phi) is 5.47. The molecule has 4 N–H and O–H groups in total. The first-order valence-corrected chi connectivity index (χ1v) is 8.92. The fourth-order valence-electron chi connectivity index (χ4n) is 2.61. The van der Waals surface area contributed by atoms with Crippen molar-refractivity contribution >= 4 is 16.0 Å². The van der Waals surface area contributed by atoms with E-state index in [4.69, 9.17) is 5.14 Å². The highest BCUT2D eigenvalue weighted by Crippen LogP contribution is 2.50. The summed E-state index contributed by atoms with van der Waals surface area (Å²) in [6.07, 6.45) is -12.2. The first-order chi connectivity index (χ1) is 13.0. The first-order valence-electron chi connectivity index (χ1n) is 7.37. The smallest absolute Gasteiger partial charge is 0.430 e. The van der Waals surface area contributed by atoms with Crippen molar-refractivity contribution in [1.82, 2.24) is 0 Å². The van der Waals surface area contributed by atoms with Crippen LogP contribution < -0.4 is 5.14 Å². The van der Waals surface area contributed by atoms with Crippen molar-refractivity contribution in [3.8, 4) is 11.1 Å². The molecule has 0 aliphatic heterocycles. The number of primary sulfonamides is 1. The van der Waals surface area contributed by atoms with Crippen LogP contribution in [0.2, 0.25) is 0 Å². The Labute approximate surface area is 159 Å². The maximum atomic E-state index is 13.0. The number of carboxylic acids is 1. The minimum Gasteiger partial charge on any atom is -0.478 e. The summed E-state index contributed by atoms with van der Waals surface area (Å²) in [5.41, 5.74) is -8.26. The van der Waals surface area contributed by atoms with Gasteiger partial charge in [0.15, 0.2) is 0 Å². The van der Waals surface area contributed by atoms with Gasteiger partial charge in [0.05, 0.1) is 10.5 Å². The van der Waals surface area contributed by atoms with E-state index in [1.807, 2.05) is 0 Å². The molecule has 0 aromatic heterocycles. The standard InChI is InChI=1S/C16H11F6NO5S/c17-15(18,19)14(26,16(20,21)22)9-6-4-8(5-7-9)12-10(13(24)25)2-1-3-11(12)29(23,27)28/h1-7,26H,(H,24,25)(H2,23,27,28). The Bertz CT molecular complexity index is 1030. The van der Waals surface area contributed by atoms with Crippen LogP contribution in [0.1, 0.15) is 15.9 Å². The van der Waals surface area contributed by atoms with E-state index < -0.39 is 55.5 Å². The lowest BCUT2D eigenvalue weighted by Gasteiger charge is -2.32. The van der Waals surface area contributed by atoms with Crippen LogP contribution >= 0.6 is 0 Å². The Morgan fingerprint density at radius 2 is 1.38 bits per heavy atom. The fraction of sp³-hybridized carbons (Fsp3) is 0.188. The zero-order chi connectivity index (χ0) is 22.4. The molecule has 0 atom stereocenters. The molecular weight excluding hydrogens is 432 g/mol. The van der Waals surface area contributed by atoms with Crippen LogP contribution in [0.25, 0.3) is 11.1 Å². The maximum absolute atomic E-state index is 13.0. The number of rotatable bonds is 4. The largest absolute Gasteiger partial charge is 0.478 e. The number of nitrogens with two attached hydrogens (primary N) is 1. The molecule has 0 saturated carbocycles. The van der Waals surface area contributed by atoms with Gasteiger partial charge in [-0.2, -0.15) is 26.3 Å². The molecule has 0 amide bonds. The molecule has 6 nitrogen and oxygen atoms in total. The first kappa shape index (κ1) is 22.6. The van der Waals surface area contributed by atoms with Crippen molar-refractivity contribution in [3.63, 3.8) is 0 Å². The molecule has 0 radical (unpaired) electrons. The number of halogens is 6. The number of aromatic carboxylic acids is 1. The van der Waals surface area contributed by atoms with Gasteiger partial charge in [-0.1, -0.05) is 30.3 Å². The van der Waals surface area contributed by atoms with E-state index in [2.05, 4.69) is 0 Å². The summed E-state index contributed by atoms with van der Waals surface area (Å²) >= 11 is 0. The summed E-state index contributed by atoms with van der Waals surface area (Å²) in [6.45, 7) is 0. The van der Waals surface area contributed by atoms with Gasteiger partial charge in [-0.25, -0.2) is 18.4 Å². The van der Waals surface area contributed by atoms with Crippen molar-refractivity contribution in [2.75, 3.05) is 0 Å². The van der Waals surface area contributed by atoms with Crippen LogP contribution in [0.3, 0.4) is 0 Å². The second-order valence-electron chi connectivity index (χ2n) is 5.81. The summed E-state index contributed by atoms with van der Waals surface area (Å²) < 4.78 is 101. The third-order valence-electron chi connectivity index (χ3n) is 3.98. The summed E-state index contributed by atoms with van der Waals surface area (Å²) in [5, 5.41) is 23.6. The molecule has 0 aliphatic carbocycles. The van der Waals surface area contributed by atoms with Crippen LogP contribution in [-0.4, -0.2) is 37.0 Å². The normalized spacial score (nSPS) is 13.4. The highest BCUT2D eigenvalue weighted by Gasteiger charge is 2.71. The Morgan fingerprint density at radius 3 is 1.76 bits per heavy atom. The Balaban J connectivity index is 2.76. The number of benzene rings is 2. The van der Waals surface area contributed by atoms with Gasteiger partial charge in [0.2, 0.25) is 10.0 Å². The molecule has 158 valence electrons. The predicted octanol–water partition coefficient (Wildman–Crippen LogP) is 3.01. The highest BCUT2D eigenvalue weighted by atomic mass is 32.2. The summed E-state index contributed by atoms with van der Waals surface area (Å²) in [7, 11) is -4.50. The van der Waals surface area contributed by atoms with Gasteiger partial charge in [-0.3, -0.25) is 0 Å². The average Bonchev–Trinajstić information content (AvgIpc) is 2.57. The van der Waals surface area contributed by atoms with E-state index in [0.29, 0.717) is 12.1 Å². The minimum atomic E-state index is -6.11. The minimum absolute atomic E-state index is 0.266. The van der Waals surface area contributed by atoms with Crippen LogP contribution in [0.15, 0.2) is 47.4 Å². The van der Waals surface area contributed by atoms with Gasteiger partial charge in [-0.15, -0.1) is 0 Å². The number of carbonyl (C=O) groups is 1. The molecule has 2 aromatic rings. The van der Waals surface area contributed by atoms with E-state index >= 15 is 0 Å². The van der Waals surface area contributed by atoms with Gasteiger partial charge < -0.3 is 10.2 Å². The van der Waals surface area contributed by atoms with Gasteiger partial charge in [0.1, 0.15) is 0 Å². The van der Waals surface area contributed by atoms with Crippen molar-refractivity contribution in [3.05, 3.63) is 53.6 Å². The lowest BCUT2D eigenvalue weighted by Crippen LogP contribution is -2.53. The van der Waals surface area contributed by atoms with Gasteiger partial charge in [0, 0.05) is 11.1 Å². The average molecular weight is 443 g/mol. The molecule has 0 aliphatic rings. The molecular formula is C16H11F6NO5S. The quantitative estimate of drug-likeness (QED) is 0.628. The molecule has 0 heterocycles. The zero-order valence-corrected chi connectivity index (χ0v) is 14.7. The van der Waals surface area contributed by atoms with Crippen LogP contribution in [0.4, 0.5) is 26.3 Å². The maximum Gasteiger partial charge on any atom is 0.430 e. The van der Waals surface area contributed by atoms with Crippen molar-refractivity contribution in [2.45, 2.75) is 22.8 Å². The lowest BCUT2D eigenvalue weighted by atomic mass is 9.90. The third-order valence-corrected chi connectivity index (χ3v) is 4.93. The van der Waals surface area contributed by atoms with Gasteiger partial charge in [0.25, 0.3) is 5.60 Å². The molecule has 29 heavy (non-hydrogen) atoms. The second kappa shape index (κ2) is 7.00. The predicted molar refractivity (Wildman–Crippen MR) is 86.2 cm³/mol. The van der Waals surface area contributed by atoms with Crippen LogP contribution in [0, 0.1) is 0 Å². The monoisotopic (exact) mass is 443 g/mol. The molecule has 2 rings (SSSR count). The van der Waals surface area contributed by atoms with Crippen LogP contribution in [0.5, 0.6) is 0 Å². The topological polar surface area (TPSA) is 118 Å². The number of hydrogen-bond acceptors (Lipinski definition) is 4. The Morgan fingerprint density at radius 1 is 0.897 bits per heavy atom.